The predicted molar refractivity (Wildman–Crippen MR) is 202 cm³/mol. The summed E-state index contributed by atoms with van der Waals surface area (Å²) in [5.74, 6) is 1.51. The fraction of sp³-hybridized carbons (Fsp3) is 0.342. The lowest BCUT2D eigenvalue weighted by Gasteiger charge is -2.22. The zero-order valence-electron chi connectivity index (χ0n) is 30.0. The van der Waals surface area contributed by atoms with Crippen LogP contribution in [0.1, 0.15) is 60.4 Å². The number of nitrogens with one attached hydrogen (secondary N) is 3. The molecule has 0 spiro atoms. The van der Waals surface area contributed by atoms with E-state index in [1.165, 1.54) is 17.1 Å². The summed E-state index contributed by atoms with van der Waals surface area (Å²) in [4.78, 5) is 35.1. The number of fused-ring (bicyclic) bond motifs is 1. The van der Waals surface area contributed by atoms with Crippen LogP contribution in [0.3, 0.4) is 0 Å². The lowest BCUT2D eigenvalue weighted by atomic mass is 9.91. The smallest absolute Gasteiger partial charge is 0.319 e. The zero-order valence-corrected chi connectivity index (χ0v) is 30.0. The van der Waals surface area contributed by atoms with Gasteiger partial charge in [0.25, 0.3) is 0 Å². The maximum absolute atomic E-state index is 12.9. The van der Waals surface area contributed by atoms with E-state index in [2.05, 4.69) is 60.6 Å². The standard InChI is InChI=1S/C38H40N14O3/c1-2-31-47-49-52(48-31)30-17-29(33(53)34(30)54)51-22-42-32-35(41-20-28(23-9-5-3-6-10-23)24-11-7-4-8-12-24)45-37(46-36(32)51)50-16-15-27(21-50)44-38(55)43-26-14-13-25(18-39)40-19-26/h3-14,19,22,27-30,33-34,53-54H,2,15-17,20-21H2,1H3,(H,41,45,46)(H2,43,44,55). The van der Waals surface area contributed by atoms with E-state index in [1.807, 2.05) is 54.3 Å². The van der Waals surface area contributed by atoms with Crippen LogP contribution >= 0.6 is 0 Å². The van der Waals surface area contributed by atoms with Crippen molar-refractivity contribution in [3.8, 4) is 6.07 Å². The summed E-state index contributed by atoms with van der Waals surface area (Å²) in [5.41, 5.74) is 4.02. The Kier molecular flexibility index (Phi) is 9.98. The number of hydrogen-bond donors (Lipinski definition) is 5. The van der Waals surface area contributed by atoms with Gasteiger partial charge >= 0.3 is 6.03 Å². The Bertz CT molecular complexity index is 2250. The number of aryl methyl sites for hydroxylation is 1. The third kappa shape index (κ3) is 7.37. The van der Waals surface area contributed by atoms with E-state index in [1.54, 1.807) is 17.0 Å². The first kappa shape index (κ1) is 35.5. The molecule has 2 fully saturated rings. The summed E-state index contributed by atoms with van der Waals surface area (Å²) in [6.07, 6.45) is 2.33. The van der Waals surface area contributed by atoms with Crippen LogP contribution in [-0.2, 0) is 6.42 Å². The molecule has 4 aromatic heterocycles. The molecule has 5 heterocycles. The Hall–Kier alpha value is -6.51. The number of pyridine rings is 1. The topological polar surface area (TPSA) is 221 Å². The van der Waals surface area contributed by atoms with Gasteiger partial charge in [-0.05, 0) is 41.3 Å². The van der Waals surface area contributed by atoms with E-state index in [0.717, 1.165) is 11.1 Å². The van der Waals surface area contributed by atoms with Crippen LogP contribution in [0.5, 0.6) is 0 Å². The molecule has 5 N–H and O–H groups in total. The molecular weight excluding hydrogens is 701 g/mol. The second-order valence-corrected chi connectivity index (χ2v) is 13.8. The van der Waals surface area contributed by atoms with Crippen molar-refractivity contribution in [1.29, 1.82) is 5.26 Å². The summed E-state index contributed by atoms with van der Waals surface area (Å²) >= 11 is 0. The minimum atomic E-state index is -1.15. The lowest BCUT2D eigenvalue weighted by Crippen LogP contribution is -2.40. The predicted octanol–water partition coefficient (Wildman–Crippen LogP) is 3.19. The molecule has 5 atom stereocenters. The highest BCUT2D eigenvalue weighted by Gasteiger charge is 2.45. The van der Waals surface area contributed by atoms with E-state index in [0.29, 0.717) is 73.3 Å². The molecule has 280 valence electrons. The molecule has 55 heavy (non-hydrogen) atoms. The summed E-state index contributed by atoms with van der Waals surface area (Å²) in [7, 11) is 0. The van der Waals surface area contributed by atoms with Gasteiger partial charge in [-0.25, -0.2) is 14.8 Å². The number of aromatic nitrogens is 9. The molecular formula is C38H40N14O3. The number of imidazole rings is 1. The zero-order chi connectivity index (χ0) is 37.9. The lowest BCUT2D eigenvalue weighted by molar-refractivity contribution is 0.00473. The number of amides is 2. The molecule has 2 aromatic carbocycles. The first-order valence-electron chi connectivity index (χ1n) is 18.3. The van der Waals surface area contributed by atoms with Crippen LogP contribution in [0, 0.1) is 11.3 Å². The molecule has 1 aliphatic heterocycles. The Morgan fingerprint density at radius 3 is 2.40 bits per heavy atom. The molecule has 8 rings (SSSR count). The number of aliphatic hydroxyl groups excluding tert-OH is 2. The average molecular weight is 741 g/mol. The van der Waals surface area contributed by atoms with Crippen LogP contribution in [0.25, 0.3) is 11.2 Å². The molecule has 17 nitrogen and oxygen atoms in total. The highest BCUT2D eigenvalue weighted by Crippen LogP contribution is 2.40. The van der Waals surface area contributed by atoms with Crippen molar-refractivity contribution in [2.45, 2.75) is 62.4 Å². The van der Waals surface area contributed by atoms with Gasteiger partial charge in [0, 0.05) is 38.0 Å². The molecule has 2 amide bonds. The van der Waals surface area contributed by atoms with Crippen molar-refractivity contribution in [1.82, 2.24) is 50.0 Å². The normalized spacial score (nSPS) is 20.9. The Morgan fingerprint density at radius 1 is 0.982 bits per heavy atom. The number of nitrogens with zero attached hydrogens (tertiary/aromatic N) is 11. The van der Waals surface area contributed by atoms with Gasteiger partial charge < -0.3 is 35.6 Å². The van der Waals surface area contributed by atoms with Crippen molar-refractivity contribution >= 4 is 34.6 Å². The number of hydrogen-bond acceptors (Lipinski definition) is 13. The van der Waals surface area contributed by atoms with Gasteiger partial charge in [0.1, 0.15) is 30.0 Å². The first-order valence-corrected chi connectivity index (χ1v) is 18.3. The number of anilines is 3. The van der Waals surface area contributed by atoms with Gasteiger partial charge in [0.2, 0.25) is 5.95 Å². The molecule has 1 aliphatic carbocycles. The van der Waals surface area contributed by atoms with E-state index in [9.17, 15) is 15.0 Å². The molecule has 1 saturated carbocycles. The minimum absolute atomic E-state index is 0.00103. The summed E-state index contributed by atoms with van der Waals surface area (Å²) in [5, 5.41) is 53.6. The maximum atomic E-state index is 12.9. The number of rotatable bonds is 11. The number of carbonyl (C=O) groups is 1. The SMILES string of the molecule is CCc1nnn(C2CC(n3cnc4c(NCC(c5ccccc5)c5ccccc5)nc(N5CCC(NC(=O)Nc6ccc(C#N)nc6)C5)nc43)C(O)C2O)n1. The van der Waals surface area contributed by atoms with Gasteiger partial charge in [-0.15, -0.1) is 10.2 Å². The van der Waals surface area contributed by atoms with Crippen LogP contribution in [0.2, 0.25) is 0 Å². The molecule has 1 saturated heterocycles. The third-order valence-corrected chi connectivity index (χ3v) is 10.3. The van der Waals surface area contributed by atoms with Crippen molar-refractivity contribution in [2.24, 2.45) is 0 Å². The maximum Gasteiger partial charge on any atom is 0.319 e. The molecule has 5 unspecified atom stereocenters. The van der Waals surface area contributed by atoms with E-state index in [-0.39, 0.29) is 23.7 Å². The van der Waals surface area contributed by atoms with Gasteiger partial charge in [-0.3, -0.25) is 0 Å². The second-order valence-electron chi connectivity index (χ2n) is 13.8. The first-order chi connectivity index (χ1) is 26.9. The van der Waals surface area contributed by atoms with Gasteiger partial charge in [-0.1, -0.05) is 67.6 Å². The monoisotopic (exact) mass is 740 g/mol. The second kappa shape index (κ2) is 15.5. The van der Waals surface area contributed by atoms with Crippen LogP contribution in [0.4, 0.5) is 22.2 Å². The van der Waals surface area contributed by atoms with Crippen molar-refractivity contribution < 1.29 is 15.0 Å². The van der Waals surface area contributed by atoms with Gasteiger partial charge in [0.05, 0.1) is 24.3 Å². The van der Waals surface area contributed by atoms with E-state index < -0.39 is 24.3 Å². The van der Waals surface area contributed by atoms with Gasteiger partial charge in [0.15, 0.2) is 22.8 Å². The molecule has 6 aromatic rings. The number of tetrazole rings is 1. The molecule has 2 aliphatic rings. The third-order valence-electron chi connectivity index (χ3n) is 10.3. The Labute approximate surface area is 316 Å². The molecule has 17 heteroatoms. The van der Waals surface area contributed by atoms with Gasteiger partial charge in [-0.2, -0.15) is 20.0 Å². The quantitative estimate of drug-likeness (QED) is 0.129. The van der Waals surface area contributed by atoms with Crippen molar-refractivity contribution in [3.63, 3.8) is 0 Å². The fourth-order valence-corrected chi connectivity index (χ4v) is 7.38. The Balaban J connectivity index is 1.09. The average Bonchev–Trinajstić information content (AvgIpc) is 4.03. The number of aliphatic hydroxyl groups is 2. The minimum Gasteiger partial charge on any atom is -0.388 e. The number of benzene rings is 2. The van der Waals surface area contributed by atoms with Crippen molar-refractivity contribution in [2.75, 3.05) is 35.2 Å². The summed E-state index contributed by atoms with van der Waals surface area (Å²) in [6, 6.07) is 23.9. The largest absolute Gasteiger partial charge is 0.388 e. The van der Waals surface area contributed by atoms with Crippen molar-refractivity contribution in [3.05, 3.63) is 108 Å². The van der Waals surface area contributed by atoms with E-state index in [4.69, 9.17) is 20.2 Å². The van der Waals surface area contributed by atoms with Crippen LogP contribution in [-0.4, -0.2) is 98.8 Å². The highest BCUT2D eigenvalue weighted by molar-refractivity contribution is 5.89. The van der Waals surface area contributed by atoms with E-state index >= 15 is 0 Å². The highest BCUT2D eigenvalue weighted by atomic mass is 16.3. The number of urea groups is 1. The molecule has 0 bridgehead atoms. The summed E-state index contributed by atoms with van der Waals surface area (Å²) < 4.78 is 1.80. The summed E-state index contributed by atoms with van der Waals surface area (Å²) in [6.45, 7) is 3.45. The number of nitriles is 1. The van der Waals surface area contributed by atoms with Crippen LogP contribution < -0.4 is 20.9 Å². The number of carbonyl (C=O) groups excluding carboxylic acids is 1. The van der Waals surface area contributed by atoms with Crippen LogP contribution in [0.15, 0.2) is 85.3 Å². The fourth-order valence-electron chi connectivity index (χ4n) is 7.38. The molecule has 0 radical (unpaired) electrons. The Morgan fingerprint density at radius 2 is 1.73 bits per heavy atom.